The lowest BCUT2D eigenvalue weighted by Crippen LogP contribution is -2.63. The van der Waals surface area contributed by atoms with Crippen molar-refractivity contribution in [2.45, 2.75) is 69.5 Å². The van der Waals surface area contributed by atoms with Crippen LogP contribution < -0.4 is 10.6 Å². The number of amidine groups is 1. The molecule has 0 aromatic rings. The summed E-state index contributed by atoms with van der Waals surface area (Å²) in [6, 6.07) is -0.553. The zero-order valence-corrected chi connectivity index (χ0v) is 20.0. The molecular weight excluding hydrogens is 446 g/mol. The second-order valence-electron chi connectivity index (χ2n) is 9.60. The molecule has 0 bridgehead atoms. The maximum atomic E-state index is 13.1. The van der Waals surface area contributed by atoms with E-state index in [1.165, 1.54) is 16.7 Å². The van der Waals surface area contributed by atoms with Crippen LogP contribution >= 0.6 is 11.8 Å². The summed E-state index contributed by atoms with van der Waals surface area (Å²) in [4.78, 5) is 41.5. The first kappa shape index (κ1) is 24.0. The summed E-state index contributed by atoms with van der Waals surface area (Å²) >= 11 is 1.45. The van der Waals surface area contributed by atoms with Gasteiger partial charge in [0.25, 0.3) is 0 Å². The van der Waals surface area contributed by atoms with Crippen molar-refractivity contribution < 1.29 is 24.6 Å². The Morgan fingerprint density at radius 1 is 1.36 bits per heavy atom. The first-order valence-corrected chi connectivity index (χ1v) is 12.5. The average Bonchev–Trinajstić information content (AvgIpc) is 3.29. The zero-order chi connectivity index (χ0) is 24.0. The van der Waals surface area contributed by atoms with Gasteiger partial charge in [-0.3, -0.25) is 15.0 Å². The summed E-state index contributed by atoms with van der Waals surface area (Å²) in [6.07, 6.45) is 1.59. The highest BCUT2D eigenvalue weighted by molar-refractivity contribution is 8.03. The van der Waals surface area contributed by atoms with Crippen LogP contribution in [0, 0.1) is 17.2 Å². The number of piperidine rings is 1. The lowest BCUT2D eigenvalue weighted by Gasteiger charge is -2.46. The highest BCUT2D eigenvalue weighted by Gasteiger charge is 2.60. The van der Waals surface area contributed by atoms with Crippen molar-refractivity contribution in [3.05, 3.63) is 10.6 Å². The molecule has 0 radical (unpaired) electrons. The highest BCUT2D eigenvalue weighted by atomic mass is 32.2. The van der Waals surface area contributed by atoms with Crippen molar-refractivity contribution in [2.24, 2.45) is 11.8 Å². The molecule has 4 rings (SSSR count). The van der Waals surface area contributed by atoms with Gasteiger partial charge in [-0.15, -0.1) is 11.8 Å². The van der Waals surface area contributed by atoms with Gasteiger partial charge in [-0.1, -0.05) is 6.92 Å². The molecule has 11 heteroatoms. The molecule has 7 atom stereocenters. The van der Waals surface area contributed by atoms with E-state index in [2.05, 4.69) is 10.6 Å². The number of hydrogen-bond acceptors (Lipinski definition) is 7. The molecule has 33 heavy (non-hydrogen) atoms. The summed E-state index contributed by atoms with van der Waals surface area (Å²) in [5.41, 5.74) is 0.0288. The van der Waals surface area contributed by atoms with E-state index < -0.39 is 18.0 Å². The number of carboxylic acid groups (broad SMARTS) is 1. The fourth-order valence-corrected chi connectivity index (χ4v) is 7.14. The number of rotatable bonds is 6. The number of carboxylic acids is 1. The minimum Gasteiger partial charge on any atom is -0.477 e. The molecule has 4 aliphatic rings. The first-order chi connectivity index (χ1) is 15.6. The summed E-state index contributed by atoms with van der Waals surface area (Å²) < 4.78 is 0. The summed E-state index contributed by atoms with van der Waals surface area (Å²) in [6.45, 7) is 7.04. The van der Waals surface area contributed by atoms with Crippen molar-refractivity contribution in [2.75, 3.05) is 19.6 Å². The Kier molecular flexibility index (Phi) is 6.75. The molecule has 5 N–H and O–H groups in total. The Balaban J connectivity index is 1.41. The largest absolute Gasteiger partial charge is 0.477 e. The zero-order valence-electron chi connectivity index (χ0n) is 19.2. The third-order valence-corrected chi connectivity index (χ3v) is 8.66. The Labute approximate surface area is 197 Å². The molecule has 3 saturated heterocycles. The number of amides is 2. The summed E-state index contributed by atoms with van der Waals surface area (Å²) in [7, 11) is 0. The number of aliphatic hydroxyl groups excluding tert-OH is 1. The minimum atomic E-state index is -1.13. The second-order valence-corrected chi connectivity index (χ2v) is 10.9. The van der Waals surface area contributed by atoms with Crippen molar-refractivity contribution in [1.82, 2.24) is 20.4 Å². The van der Waals surface area contributed by atoms with E-state index >= 15 is 0 Å². The molecule has 4 aliphatic heterocycles. The van der Waals surface area contributed by atoms with Crippen molar-refractivity contribution in [1.29, 1.82) is 5.41 Å². The number of carbonyl (C=O) groups is 3. The Hall–Kier alpha value is -2.11. The van der Waals surface area contributed by atoms with E-state index in [0.29, 0.717) is 36.8 Å². The topological polar surface area (TPSA) is 146 Å². The van der Waals surface area contributed by atoms with Crippen molar-refractivity contribution in [3.63, 3.8) is 0 Å². The quantitative estimate of drug-likeness (QED) is 0.206. The van der Waals surface area contributed by atoms with Gasteiger partial charge in [0.05, 0.1) is 29.9 Å². The third-order valence-electron chi connectivity index (χ3n) is 7.15. The lowest BCUT2D eigenvalue weighted by atomic mass is 9.79. The van der Waals surface area contributed by atoms with Gasteiger partial charge in [0, 0.05) is 41.7 Å². The number of fused-ring (bicyclic) bond motifs is 1. The van der Waals surface area contributed by atoms with E-state index in [4.69, 9.17) is 5.41 Å². The predicted octanol–water partition coefficient (Wildman–Crippen LogP) is 0.182. The highest BCUT2D eigenvalue weighted by Crippen LogP contribution is 2.51. The van der Waals surface area contributed by atoms with Crippen molar-refractivity contribution >= 4 is 35.4 Å². The van der Waals surface area contributed by atoms with Crippen LogP contribution in [0.4, 0.5) is 0 Å². The lowest BCUT2D eigenvalue weighted by molar-refractivity contribution is -0.163. The number of likely N-dealkylation sites (tertiary alicyclic amines) is 1. The second kappa shape index (κ2) is 9.27. The Morgan fingerprint density at radius 3 is 2.73 bits per heavy atom. The third kappa shape index (κ3) is 4.38. The molecule has 0 aromatic carbocycles. The molecule has 0 spiro atoms. The predicted molar refractivity (Wildman–Crippen MR) is 124 cm³/mol. The number of carbonyl (C=O) groups excluding carboxylic acids is 2. The van der Waals surface area contributed by atoms with Gasteiger partial charge in [0.2, 0.25) is 11.8 Å². The molecule has 0 aromatic heterocycles. The Morgan fingerprint density at radius 2 is 2.09 bits per heavy atom. The van der Waals surface area contributed by atoms with Crippen LogP contribution in [0.3, 0.4) is 0 Å². The van der Waals surface area contributed by atoms with E-state index in [0.717, 1.165) is 12.8 Å². The molecular formula is C22H33N5O5S. The minimum absolute atomic E-state index is 0.0204. The maximum absolute atomic E-state index is 13.1. The SMILES string of the molecule is CC(=N)NC1CCCN(C(=O)[C@@H]2C[C@H](SC3=C(C(=O)O)N4C(=O)[C@H]([C@@H](C)O)[C@H]4[C@H]3C)CN2)C1. The summed E-state index contributed by atoms with van der Waals surface area (Å²) in [5.74, 6) is -1.76. The van der Waals surface area contributed by atoms with Crippen molar-refractivity contribution in [3.8, 4) is 0 Å². The number of aliphatic carboxylic acids is 1. The van der Waals surface area contributed by atoms with Gasteiger partial charge in [0.1, 0.15) is 5.70 Å². The fraction of sp³-hybridized carbons (Fsp3) is 0.727. The molecule has 2 amide bonds. The van der Waals surface area contributed by atoms with Crippen LogP contribution in [-0.2, 0) is 14.4 Å². The van der Waals surface area contributed by atoms with Gasteiger partial charge in [-0.25, -0.2) is 4.79 Å². The van der Waals surface area contributed by atoms with Crippen LogP contribution in [-0.4, -0.2) is 92.7 Å². The average molecular weight is 480 g/mol. The van der Waals surface area contributed by atoms with Gasteiger partial charge in [-0.05, 0) is 33.1 Å². The van der Waals surface area contributed by atoms with E-state index in [1.54, 1.807) is 13.8 Å². The molecule has 0 saturated carbocycles. The first-order valence-electron chi connectivity index (χ1n) is 11.6. The van der Waals surface area contributed by atoms with Gasteiger partial charge in [0.15, 0.2) is 0 Å². The van der Waals surface area contributed by atoms with E-state index in [-0.39, 0.29) is 46.8 Å². The number of nitrogens with one attached hydrogen (secondary N) is 3. The monoisotopic (exact) mass is 479 g/mol. The van der Waals surface area contributed by atoms with E-state index in [9.17, 15) is 24.6 Å². The van der Waals surface area contributed by atoms with Crippen LogP contribution in [0.2, 0.25) is 0 Å². The number of aliphatic hydroxyl groups is 1. The van der Waals surface area contributed by atoms with Gasteiger partial charge in [-0.2, -0.15) is 0 Å². The molecule has 3 fully saturated rings. The molecule has 0 aliphatic carbocycles. The van der Waals surface area contributed by atoms with Crippen LogP contribution in [0.15, 0.2) is 10.6 Å². The normalized spacial score (nSPS) is 34.7. The number of nitrogens with zero attached hydrogens (tertiary/aromatic N) is 2. The fourth-order valence-electron chi connectivity index (χ4n) is 5.66. The van der Waals surface area contributed by atoms with Gasteiger partial charge < -0.3 is 30.6 Å². The summed E-state index contributed by atoms with van der Waals surface area (Å²) in [5, 5.41) is 33.9. The van der Waals surface area contributed by atoms with Crippen LogP contribution in [0.25, 0.3) is 0 Å². The molecule has 182 valence electrons. The number of thioether (sulfide) groups is 1. The molecule has 10 nitrogen and oxygen atoms in total. The number of β-lactam (4-membered cyclic amide) rings is 1. The maximum Gasteiger partial charge on any atom is 0.353 e. The Bertz CT molecular complexity index is 892. The van der Waals surface area contributed by atoms with Crippen LogP contribution in [0.5, 0.6) is 0 Å². The molecule has 4 heterocycles. The van der Waals surface area contributed by atoms with Crippen LogP contribution in [0.1, 0.15) is 40.0 Å². The standard InChI is InChI=1S/C22H33N5O5S/c1-10-17-16(11(2)28)21(30)27(17)18(22(31)32)19(10)33-14-7-15(24-8-14)20(29)26-6-4-5-13(9-26)25-12(3)23/h10-11,13-17,24,28H,4-9H2,1-3H3,(H2,23,25)(H,31,32)/t10-,11-,13?,14+,15+,16-,17-/m1/s1. The number of hydrogen-bond donors (Lipinski definition) is 5. The van der Waals surface area contributed by atoms with E-state index in [1.807, 2.05) is 11.8 Å². The van der Waals surface area contributed by atoms with Gasteiger partial charge >= 0.3 is 5.97 Å². The smallest absolute Gasteiger partial charge is 0.353 e. The molecule has 1 unspecified atom stereocenters.